The fourth-order valence-electron chi connectivity index (χ4n) is 2.10. The molecule has 0 aliphatic heterocycles. The first-order valence-corrected chi connectivity index (χ1v) is 7.23. The molecule has 2 nitrogen and oxygen atoms in total. The Kier molecular flexibility index (Phi) is 5.19. The van der Waals surface area contributed by atoms with Gasteiger partial charge in [0, 0.05) is 0 Å². The van der Waals surface area contributed by atoms with Gasteiger partial charge in [-0.2, -0.15) is 0 Å². The van der Waals surface area contributed by atoms with Crippen LogP contribution in [0.3, 0.4) is 0 Å². The molecule has 0 amide bonds. The number of benzene rings is 2. The summed E-state index contributed by atoms with van der Waals surface area (Å²) >= 11 is 0. The Bertz CT molecular complexity index is 533. The average molecular weight is 269 g/mol. The molecular formula is C18H23NO. The van der Waals surface area contributed by atoms with Gasteiger partial charge in [-0.1, -0.05) is 50.2 Å². The van der Waals surface area contributed by atoms with E-state index in [0.29, 0.717) is 19.1 Å². The molecule has 0 radical (unpaired) electrons. The lowest BCUT2D eigenvalue weighted by Crippen LogP contribution is -2.08. The molecule has 2 heteroatoms. The van der Waals surface area contributed by atoms with Gasteiger partial charge in [0.25, 0.3) is 0 Å². The first kappa shape index (κ1) is 14.6. The van der Waals surface area contributed by atoms with Crippen LogP contribution in [-0.4, -0.2) is 6.54 Å². The molecule has 0 aliphatic carbocycles. The highest BCUT2D eigenvalue weighted by Crippen LogP contribution is 2.18. The number of aryl methyl sites for hydroxylation is 1. The zero-order valence-corrected chi connectivity index (χ0v) is 12.3. The van der Waals surface area contributed by atoms with Crippen molar-refractivity contribution in [3.63, 3.8) is 0 Å². The summed E-state index contributed by atoms with van der Waals surface area (Å²) in [4.78, 5) is 0. The van der Waals surface area contributed by atoms with Gasteiger partial charge in [0.05, 0.1) is 0 Å². The van der Waals surface area contributed by atoms with E-state index in [1.807, 2.05) is 12.1 Å². The first-order valence-electron chi connectivity index (χ1n) is 7.23. The fourth-order valence-corrected chi connectivity index (χ4v) is 2.10. The number of rotatable bonds is 6. The van der Waals surface area contributed by atoms with Crippen LogP contribution in [0.5, 0.6) is 5.75 Å². The van der Waals surface area contributed by atoms with Crippen molar-refractivity contribution < 1.29 is 4.74 Å². The summed E-state index contributed by atoms with van der Waals surface area (Å²) in [7, 11) is 0. The molecule has 20 heavy (non-hydrogen) atoms. The number of ether oxygens (including phenoxy) is 1. The van der Waals surface area contributed by atoms with Crippen molar-refractivity contribution in [2.24, 2.45) is 5.73 Å². The van der Waals surface area contributed by atoms with Gasteiger partial charge in [-0.25, -0.2) is 0 Å². The minimum absolute atomic E-state index is 0.409. The third kappa shape index (κ3) is 3.84. The molecule has 2 aromatic rings. The molecule has 0 aliphatic rings. The standard InChI is InChI=1S/C18H23NO/c1-3-15-5-4-6-18(11-15)20-13-16-7-9-17(10-8-16)14(2)12-19/h4-11,14H,3,12-13,19H2,1-2H3. The second kappa shape index (κ2) is 7.11. The maximum absolute atomic E-state index is 5.84. The van der Waals surface area contributed by atoms with E-state index in [0.717, 1.165) is 12.2 Å². The monoisotopic (exact) mass is 269 g/mol. The Labute approximate surface area is 121 Å². The van der Waals surface area contributed by atoms with Gasteiger partial charge >= 0.3 is 0 Å². The summed E-state index contributed by atoms with van der Waals surface area (Å²) in [6, 6.07) is 16.8. The predicted octanol–water partition coefficient (Wildman–Crippen LogP) is 3.89. The Balaban J connectivity index is 1.96. The summed E-state index contributed by atoms with van der Waals surface area (Å²) < 4.78 is 5.84. The van der Waals surface area contributed by atoms with Crippen LogP contribution in [0.25, 0.3) is 0 Å². The van der Waals surface area contributed by atoms with Crippen LogP contribution in [0.4, 0.5) is 0 Å². The van der Waals surface area contributed by atoms with Gasteiger partial charge in [0.1, 0.15) is 12.4 Å². The lowest BCUT2D eigenvalue weighted by molar-refractivity contribution is 0.306. The lowest BCUT2D eigenvalue weighted by atomic mass is 10.0. The van der Waals surface area contributed by atoms with E-state index in [-0.39, 0.29) is 0 Å². The van der Waals surface area contributed by atoms with Crippen molar-refractivity contribution in [3.8, 4) is 5.75 Å². The SMILES string of the molecule is CCc1cccc(OCc2ccc(C(C)CN)cc2)c1. The number of hydrogen-bond donors (Lipinski definition) is 1. The van der Waals surface area contributed by atoms with E-state index in [1.165, 1.54) is 16.7 Å². The van der Waals surface area contributed by atoms with E-state index in [9.17, 15) is 0 Å². The summed E-state index contributed by atoms with van der Waals surface area (Å²) in [6.07, 6.45) is 1.03. The minimum Gasteiger partial charge on any atom is -0.489 e. The van der Waals surface area contributed by atoms with Crippen LogP contribution < -0.4 is 10.5 Å². The summed E-state index contributed by atoms with van der Waals surface area (Å²) in [6.45, 7) is 5.57. The molecule has 0 aromatic heterocycles. The minimum atomic E-state index is 0.409. The van der Waals surface area contributed by atoms with Gasteiger partial charge < -0.3 is 10.5 Å². The highest BCUT2D eigenvalue weighted by Gasteiger charge is 2.03. The van der Waals surface area contributed by atoms with Gasteiger partial charge in [-0.05, 0) is 47.7 Å². The summed E-state index contributed by atoms with van der Waals surface area (Å²) in [5.74, 6) is 1.34. The zero-order valence-electron chi connectivity index (χ0n) is 12.3. The van der Waals surface area contributed by atoms with E-state index in [2.05, 4.69) is 50.2 Å². The second-order valence-electron chi connectivity index (χ2n) is 5.17. The van der Waals surface area contributed by atoms with Crippen molar-refractivity contribution in [2.45, 2.75) is 32.8 Å². The Morgan fingerprint density at radius 1 is 1.05 bits per heavy atom. The molecule has 1 unspecified atom stereocenters. The van der Waals surface area contributed by atoms with Crippen molar-refractivity contribution >= 4 is 0 Å². The van der Waals surface area contributed by atoms with Crippen LogP contribution in [0.1, 0.15) is 36.5 Å². The molecule has 1 atom stereocenters. The van der Waals surface area contributed by atoms with Crippen molar-refractivity contribution in [1.82, 2.24) is 0 Å². The molecule has 0 fully saturated rings. The van der Waals surface area contributed by atoms with E-state index < -0.39 is 0 Å². The average Bonchev–Trinajstić information content (AvgIpc) is 2.53. The van der Waals surface area contributed by atoms with E-state index >= 15 is 0 Å². The van der Waals surface area contributed by atoms with Crippen molar-refractivity contribution in [1.29, 1.82) is 0 Å². The normalized spacial score (nSPS) is 12.2. The fraction of sp³-hybridized carbons (Fsp3) is 0.333. The third-order valence-electron chi connectivity index (χ3n) is 3.61. The van der Waals surface area contributed by atoms with Crippen LogP contribution in [-0.2, 0) is 13.0 Å². The van der Waals surface area contributed by atoms with Gasteiger partial charge in [-0.15, -0.1) is 0 Å². The summed E-state index contributed by atoms with van der Waals surface area (Å²) in [5, 5.41) is 0. The molecule has 0 saturated carbocycles. The third-order valence-corrected chi connectivity index (χ3v) is 3.61. The maximum Gasteiger partial charge on any atom is 0.120 e. The molecule has 2 rings (SSSR count). The van der Waals surface area contributed by atoms with Gasteiger partial charge in [0.15, 0.2) is 0 Å². The molecule has 2 N–H and O–H groups in total. The molecule has 106 valence electrons. The van der Waals surface area contributed by atoms with Crippen LogP contribution in [0.2, 0.25) is 0 Å². The predicted molar refractivity (Wildman–Crippen MR) is 84.1 cm³/mol. The molecule has 0 spiro atoms. The highest BCUT2D eigenvalue weighted by molar-refractivity contribution is 5.29. The quantitative estimate of drug-likeness (QED) is 0.863. The lowest BCUT2D eigenvalue weighted by Gasteiger charge is -2.11. The largest absolute Gasteiger partial charge is 0.489 e. The maximum atomic E-state index is 5.84. The van der Waals surface area contributed by atoms with E-state index in [1.54, 1.807) is 0 Å². The smallest absolute Gasteiger partial charge is 0.120 e. The van der Waals surface area contributed by atoms with Crippen molar-refractivity contribution in [3.05, 3.63) is 65.2 Å². The van der Waals surface area contributed by atoms with Gasteiger partial charge in [-0.3, -0.25) is 0 Å². The summed E-state index contributed by atoms with van der Waals surface area (Å²) in [5.41, 5.74) is 9.44. The van der Waals surface area contributed by atoms with Crippen LogP contribution in [0.15, 0.2) is 48.5 Å². The Hall–Kier alpha value is -1.80. The van der Waals surface area contributed by atoms with Crippen LogP contribution in [0, 0.1) is 0 Å². The van der Waals surface area contributed by atoms with Crippen LogP contribution >= 0.6 is 0 Å². The number of nitrogens with two attached hydrogens (primary N) is 1. The Morgan fingerprint density at radius 2 is 1.80 bits per heavy atom. The molecular weight excluding hydrogens is 246 g/mol. The molecule has 2 aromatic carbocycles. The van der Waals surface area contributed by atoms with Gasteiger partial charge in [0.2, 0.25) is 0 Å². The molecule has 0 saturated heterocycles. The molecule has 0 bridgehead atoms. The molecule has 0 heterocycles. The zero-order chi connectivity index (χ0) is 14.4. The first-order chi connectivity index (χ1) is 9.72. The topological polar surface area (TPSA) is 35.2 Å². The van der Waals surface area contributed by atoms with E-state index in [4.69, 9.17) is 10.5 Å². The Morgan fingerprint density at radius 3 is 2.45 bits per heavy atom. The number of hydrogen-bond acceptors (Lipinski definition) is 2. The highest BCUT2D eigenvalue weighted by atomic mass is 16.5. The second-order valence-corrected chi connectivity index (χ2v) is 5.17. The van der Waals surface area contributed by atoms with Crippen molar-refractivity contribution in [2.75, 3.05) is 6.54 Å².